The summed E-state index contributed by atoms with van der Waals surface area (Å²) >= 11 is 0. The number of nitrogens with zero attached hydrogens (tertiary/aromatic N) is 1. The van der Waals surface area contributed by atoms with E-state index in [2.05, 4.69) is 6.92 Å². The highest BCUT2D eigenvalue weighted by Crippen LogP contribution is 2.38. The van der Waals surface area contributed by atoms with Crippen molar-refractivity contribution in [3.8, 4) is 0 Å². The van der Waals surface area contributed by atoms with Crippen LogP contribution < -0.4 is 4.89 Å². The van der Waals surface area contributed by atoms with E-state index >= 15 is 0 Å². The lowest BCUT2D eigenvalue weighted by Gasteiger charge is -2.27. The van der Waals surface area contributed by atoms with Gasteiger partial charge in [0, 0.05) is 0 Å². The summed E-state index contributed by atoms with van der Waals surface area (Å²) in [5.74, 6) is 0. The summed E-state index contributed by atoms with van der Waals surface area (Å²) in [5.41, 5.74) is 0. The van der Waals surface area contributed by atoms with Gasteiger partial charge in [0.25, 0.3) is 7.82 Å². The maximum Gasteiger partial charge on any atom is 0.268 e. The van der Waals surface area contributed by atoms with Crippen molar-refractivity contribution in [1.29, 1.82) is 0 Å². The summed E-state index contributed by atoms with van der Waals surface area (Å²) in [7, 11) is 1.85. The van der Waals surface area contributed by atoms with E-state index in [1.165, 1.54) is 19.3 Å². The minimum absolute atomic E-state index is 0.167. The van der Waals surface area contributed by atoms with E-state index in [1.54, 1.807) is 0 Å². The van der Waals surface area contributed by atoms with Crippen LogP contribution in [0.15, 0.2) is 0 Å². The zero-order valence-corrected chi connectivity index (χ0v) is 13.8. The molecular weight excluding hydrogens is 265 g/mol. The van der Waals surface area contributed by atoms with Crippen LogP contribution in [0.1, 0.15) is 45.4 Å². The third-order valence-electron chi connectivity index (χ3n) is 2.76. The maximum atomic E-state index is 11.4. The smallest absolute Gasteiger partial charge is 0.268 e. The molecule has 0 aromatic heterocycles. The molecule has 0 saturated carbocycles. The maximum absolute atomic E-state index is 11.4. The number of hydrogen-bond acceptors (Lipinski definition) is 4. The Hall–Kier alpha value is 0.0700. The lowest BCUT2D eigenvalue weighted by atomic mass is 10.1. The predicted molar refractivity (Wildman–Crippen MR) is 75.8 cm³/mol. The van der Waals surface area contributed by atoms with E-state index in [9.17, 15) is 9.46 Å². The normalized spacial score (nSPS) is 15.4. The van der Waals surface area contributed by atoms with Crippen molar-refractivity contribution in [2.75, 3.05) is 40.9 Å². The number of rotatable bonds is 12. The molecule has 0 aliphatic carbocycles. The second kappa shape index (κ2) is 9.89. The average molecular weight is 295 g/mol. The van der Waals surface area contributed by atoms with Crippen molar-refractivity contribution in [2.24, 2.45) is 0 Å². The van der Waals surface area contributed by atoms with Crippen molar-refractivity contribution in [2.45, 2.75) is 45.4 Å². The number of phosphoric acid groups is 1. The molecule has 6 heteroatoms. The fourth-order valence-corrected chi connectivity index (χ4v) is 2.26. The lowest BCUT2D eigenvalue weighted by molar-refractivity contribution is -0.870. The minimum Gasteiger partial charge on any atom is -0.756 e. The molecule has 1 unspecified atom stereocenters. The van der Waals surface area contributed by atoms with Crippen LogP contribution in [0.2, 0.25) is 0 Å². The van der Waals surface area contributed by atoms with Crippen molar-refractivity contribution in [3.05, 3.63) is 0 Å². The molecule has 116 valence electrons. The van der Waals surface area contributed by atoms with E-state index in [0.717, 1.165) is 19.3 Å². The lowest BCUT2D eigenvalue weighted by Crippen LogP contribution is -2.37. The van der Waals surface area contributed by atoms with E-state index < -0.39 is 7.82 Å². The first kappa shape index (κ1) is 19.1. The molecule has 0 spiro atoms. The van der Waals surface area contributed by atoms with E-state index in [0.29, 0.717) is 11.0 Å². The molecule has 19 heavy (non-hydrogen) atoms. The molecule has 0 fully saturated rings. The molecule has 0 aromatic carbocycles. The monoisotopic (exact) mass is 295 g/mol. The molecule has 0 aromatic rings. The summed E-state index contributed by atoms with van der Waals surface area (Å²) in [6.45, 7) is 3.20. The third kappa shape index (κ3) is 14.3. The predicted octanol–water partition coefficient (Wildman–Crippen LogP) is 2.55. The highest BCUT2D eigenvalue weighted by Gasteiger charge is 2.12. The molecule has 0 aliphatic rings. The first-order valence-electron chi connectivity index (χ1n) is 7.17. The van der Waals surface area contributed by atoms with Crippen LogP contribution in [0.4, 0.5) is 0 Å². The summed E-state index contributed by atoms with van der Waals surface area (Å²) < 4.78 is 21.7. The molecule has 0 heterocycles. The minimum atomic E-state index is -4.10. The molecule has 0 rings (SSSR count). The van der Waals surface area contributed by atoms with Crippen molar-refractivity contribution in [1.82, 2.24) is 0 Å². The van der Waals surface area contributed by atoms with E-state index in [1.807, 2.05) is 21.1 Å². The van der Waals surface area contributed by atoms with E-state index in [-0.39, 0.29) is 13.2 Å². The van der Waals surface area contributed by atoms with Gasteiger partial charge in [0.15, 0.2) is 0 Å². The Labute approximate surface area is 118 Å². The third-order valence-corrected chi connectivity index (χ3v) is 3.76. The molecule has 0 saturated heterocycles. The van der Waals surface area contributed by atoms with Gasteiger partial charge in [-0.2, -0.15) is 0 Å². The van der Waals surface area contributed by atoms with Crippen LogP contribution in [-0.4, -0.2) is 45.4 Å². The van der Waals surface area contributed by atoms with Crippen LogP contribution >= 0.6 is 7.82 Å². The Morgan fingerprint density at radius 2 is 1.47 bits per heavy atom. The van der Waals surface area contributed by atoms with Gasteiger partial charge in [-0.15, -0.1) is 0 Å². The second-order valence-corrected chi connectivity index (χ2v) is 7.31. The number of quaternary nitrogens is 1. The van der Waals surface area contributed by atoms with Gasteiger partial charge >= 0.3 is 0 Å². The molecule has 5 nitrogen and oxygen atoms in total. The number of hydrogen-bond donors (Lipinski definition) is 0. The van der Waals surface area contributed by atoms with Gasteiger partial charge in [0.05, 0.1) is 27.7 Å². The molecule has 0 radical (unpaired) electrons. The summed E-state index contributed by atoms with van der Waals surface area (Å²) in [6.07, 6.45) is 6.60. The fourth-order valence-electron chi connectivity index (χ4n) is 1.52. The molecule has 0 aliphatic heterocycles. The van der Waals surface area contributed by atoms with Gasteiger partial charge in [-0.3, -0.25) is 4.57 Å². The standard InChI is InChI=1S/C13H30NO4P/c1-5-6-7-8-9-10-12-17-19(15,16)18-13-11-14(2,3)4/h5-13H2,1-4H3. The SMILES string of the molecule is CCCCCCCCOP(=O)([O-])OCC[N+](C)(C)C. The van der Waals surface area contributed by atoms with Crippen molar-refractivity contribution in [3.63, 3.8) is 0 Å². The van der Waals surface area contributed by atoms with Gasteiger partial charge in [0.2, 0.25) is 0 Å². The van der Waals surface area contributed by atoms with Gasteiger partial charge in [0.1, 0.15) is 13.2 Å². The van der Waals surface area contributed by atoms with Crippen molar-refractivity contribution < 1.29 is 23.0 Å². The van der Waals surface area contributed by atoms with E-state index in [4.69, 9.17) is 9.05 Å². The van der Waals surface area contributed by atoms with Crippen LogP contribution in [0.25, 0.3) is 0 Å². The van der Waals surface area contributed by atoms with Gasteiger partial charge in [-0.1, -0.05) is 39.0 Å². The zero-order chi connectivity index (χ0) is 14.8. The van der Waals surface area contributed by atoms with Crippen LogP contribution in [-0.2, 0) is 13.6 Å². The summed E-state index contributed by atoms with van der Waals surface area (Å²) in [4.78, 5) is 11.4. The van der Waals surface area contributed by atoms with Crippen LogP contribution in [0.5, 0.6) is 0 Å². The van der Waals surface area contributed by atoms with Crippen molar-refractivity contribution >= 4 is 7.82 Å². The Kier molecular flexibility index (Phi) is 9.93. The molecule has 0 bridgehead atoms. The first-order valence-corrected chi connectivity index (χ1v) is 8.63. The molecular formula is C13H30NO4P. The fraction of sp³-hybridized carbons (Fsp3) is 1.00. The molecule has 1 atom stereocenters. The summed E-state index contributed by atoms with van der Waals surface area (Å²) in [5, 5.41) is 0. The van der Waals surface area contributed by atoms with Crippen LogP contribution in [0.3, 0.4) is 0 Å². The Morgan fingerprint density at radius 3 is 2.05 bits per heavy atom. The number of likely N-dealkylation sites (N-methyl/N-ethyl adjacent to an activating group) is 1. The Balaban J connectivity index is 3.54. The van der Waals surface area contributed by atoms with Gasteiger partial charge < -0.3 is 18.4 Å². The Bertz CT molecular complexity index is 266. The van der Waals surface area contributed by atoms with Crippen LogP contribution in [0, 0.1) is 0 Å². The quantitative estimate of drug-likeness (QED) is 0.315. The summed E-state index contributed by atoms with van der Waals surface area (Å²) in [6, 6.07) is 0. The average Bonchev–Trinajstić information content (AvgIpc) is 2.25. The number of unbranched alkanes of at least 4 members (excludes halogenated alkanes) is 5. The number of phosphoric ester groups is 1. The largest absolute Gasteiger partial charge is 0.756 e. The van der Waals surface area contributed by atoms with Gasteiger partial charge in [-0.05, 0) is 6.42 Å². The zero-order valence-electron chi connectivity index (χ0n) is 12.9. The first-order chi connectivity index (χ1) is 8.77. The molecule has 0 amide bonds. The highest BCUT2D eigenvalue weighted by atomic mass is 31.2. The Morgan fingerprint density at radius 1 is 0.947 bits per heavy atom. The van der Waals surface area contributed by atoms with Gasteiger partial charge in [-0.25, -0.2) is 0 Å². The highest BCUT2D eigenvalue weighted by molar-refractivity contribution is 7.45. The molecule has 0 N–H and O–H groups in total. The topological polar surface area (TPSA) is 58.6 Å². The second-order valence-electron chi connectivity index (χ2n) is 5.90.